The minimum absolute atomic E-state index is 0.281. The first kappa shape index (κ1) is 6.84. The van der Waals surface area contributed by atoms with Crippen molar-refractivity contribution in [3.63, 3.8) is 0 Å². The number of hydrogen-bond acceptors (Lipinski definition) is 3. The van der Waals surface area contributed by atoms with E-state index in [0.717, 1.165) is 0 Å². The van der Waals surface area contributed by atoms with E-state index in [-0.39, 0.29) is 6.42 Å². The third-order valence-electron chi connectivity index (χ3n) is 1.04. The second-order valence-electron chi connectivity index (χ2n) is 1.81. The van der Waals surface area contributed by atoms with Crippen molar-refractivity contribution >= 4 is 0 Å². The number of hydrogen-bond donors (Lipinski definition) is 1. The van der Waals surface area contributed by atoms with Crippen LogP contribution in [0.2, 0.25) is 0 Å². The van der Waals surface area contributed by atoms with Crippen molar-refractivity contribution < 1.29 is 9.52 Å². The van der Waals surface area contributed by atoms with E-state index >= 15 is 0 Å². The van der Waals surface area contributed by atoms with Crippen molar-refractivity contribution in [1.29, 1.82) is 0 Å². The van der Waals surface area contributed by atoms with Crippen molar-refractivity contribution in [2.24, 2.45) is 0 Å². The molecule has 0 aliphatic carbocycles. The van der Waals surface area contributed by atoms with Crippen LogP contribution in [0.15, 0.2) is 16.9 Å². The predicted molar refractivity (Wildman–Crippen MR) is 35.0 cm³/mol. The van der Waals surface area contributed by atoms with Crippen molar-refractivity contribution in [2.45, 2.75) is 12.5 Å². The molecule has 0 radical (unpaired) electrons. The lowest BCUT2D eigenvalue weighted by Crippen LogP contribution is -2.06. The molecule has 10 heavy (non-hydrogen) atoms. The average molecular weight is 137 g/mol. The molecule has 0 aliphatic rings. The molecule has 0 aliphatic heterocycles. The Bertz CT molecular complexity index is 222. The highest BCUT2D eigenvalue weighted by Gasteiger charge is 2.03. The van der Waals surface area contributed by atoms with Gasteiger partial charge in [0.15, 0.2) is 5.89 Å². The van der Waals surface area contributed by atoms with Crippen molar-refractivity contribution in [1.82, 2.24) is 4.98 Å². The topological polar surface area (TPSA) is 46.3 Å². The molecule has 3 nitrogen and oxygen atoms in total. The Balaban J connectivity index is 2.50. The molecule has 0 fully saturated rings. The number of nitrogens with zero attached hydrogens (tertiary/aromatic N) is 1. The maximum atomic E-state index is 8.89. The normalized spacial score (nSPS) is 12.4. The molecule has 0 saturated heterocycles. The lowest BCUT2D eigenvalue weighted by atomic mass is 10.3. The summed E-state index contributed by atoms with van der Waals surface area (Å²) in [6, 6.07) is 0. The van der Waals surface area contributed by atoms with Gasteiger partial charge in [0, 0.05) is 0 Å². The zero-order chi connectivity index (χ0) is 7.40. The SMILES string of the molecule is C#CC(O)Cc1ncco1. The summed E-state index contributed by atoms with van der Waals surface area (Å²) in [4.78, 5) is 3.78. The first-order valence-electron chi connectivity index (χ1n) is 2.85. The van der Waals surface area contributed by atoms with Gasteiger partial charge in [-0.25, -0.2) is 4.98 Å². The smallest absolute Gasteiger partial charge is 0.197 e. The highest BCUT2D eigenvalue weighted by Crippen LogP contribution is 1.98. The zero-order valence-electron chi connectivity index (χ0n) is 5.32. The average Bonchev–Trinajstić information content (AvgIpc) is 2.40. The summed E-state index contributed by atoms with van der Waals surface area (Å²) in [7, 11) is 0. The summed E-state index contributed by atoms with van der Waals surface area (Å²) < 4.78 is 4.84. The van der Waals surface area contributed by atoms with E-state index in [1.807, 2.05) is 0 Å². The van der Waals surface area contributed by atoms with Gasteiger partial charge in [-0.2, -0.15) is 0 Å². The van der Waals surface area contributed by atoms with Gasteiger partial charge in [-0.15, -0.1) is 6.42 Å². The maximum absolute atomic E-state index is 8.89. The van der Waals surface area contributed by atoms with Gasteiger partial charge >= 0.3 is 0 Å². The van der Waals surface area contributed by atoms with Gasteiger partial charge < -0.3 is 9.52 Å². The fraction of sp³-hybridized carbons (Fsp3) is 0.286. The van der Waals surface area contributed by atoms with Gasteiger partial charge in [0.1, 0.15) is 12.4 Å². The van der Waals surface area contributed by atoms with Crippen LogP contribution in [-0.4, -0.2) is 16.2 Å². The highest BCUT2D eigenvalue weighted by atomic mass is 16.3. The van der Waals surface area contributed by atoms with E-state index in [1.165, 1.54) is 12.5 Å². The molecule has 1 aromatic rings. The molecule has 0 aromatic carbocycles. The quantitative estimate of drug-likeness (QED) is 0.593. The highest BCUT2D eigenvalue weighted by molar-refractivity contribution is 4.98. The summed E-state index contributed by atoms with van der Waals surface area (Å²) in [6.45, 7) is 0. The molecular formula is C7H7NO2. The number of aliphatic hydroxyl groups is 1. The lowest BCUT2D eigenvalue weighted by molar-refractivity contribution is 0.222. The van der Waals surface area contributed by atoms with Gasteiger partial charge in [-0.1, -0.05) is 5.92 Å². The second kappa shape index (κ2) is 3.04. The molecule has 3 heteroatoms. The number of aliphatic hydroxyl groups excluding tert-OH is 1. The molecule has 1 unspecified atom stereocenters. The number of aromatic nitrogens is 1. The van der Waals surface area contributed by atoms with Crippen molar-refractivity contribution in [2.75, 3.05) is 0 Å². The minimum Gasteiger partial charge on any atom is -0.449 e. The Morgan fingerprint density at radius 1 is 1.90 bits per heavy atom. The van der Waals surface area contributed by atoms with Crippen LogP contribution in [0.3, 0.4) is 0 Å². The van der Waals surface area contributed by atoms with E-state index in [2.05, 4.69) is 10.9 Å². The third-order valence-corrected chi connectivity index (χ3v) is 1.04. The van der Waals surface area contributed by atoms with Crippen molar-refractivity contribution in [3.05, 3.63) is 18.4 Å². The molecule has 0 spiro atoms. The molecule has 1 N–H and O–H groups in total. The molecule has 1 heterocycles. The van der Waals surface area contributed by atoms with Gasteiger partial charge in [0.25, 0.3) is 0 Å². The molecule has 0 bridgehead atoms. The van der Waals surface area contributed by atoms with Gasteiger partial charge in [-0.3, -0.25) is 0 Å². The van der Waals surface area contributed by atoms with Crippen LogP contribution in [-0.2, 0) is 6.42 Å². The summed E-state index contributed by atoms with van der Waals surface area (Å²) in [5.74, 6) is 2.62. The Hall–Kier alpha value is -1.27. The predicted octanol–water partition coefficient (Wildman–Crippen LogP) is 0.211. The summed E-state index contributed by atoms with van der Waals surface area (Å²) in [5, 5.41) is 8.89. The Kier molecular flexibility index (Phi) is 2.08. The van der Waals surface area contributed by atoms with Gasteiger partial charge in [-0.05, 0) is 0 Å². The van der Waals surface area contributed by atoms with Crippen LogP contribution >= 0.6 is 0 Å². The Morgan fingerprint density at radius 2 is 2.70 bits per heavy atom. The van der Waals surface area contributed by atoms with E-state index in [0.29, 0.717) is 5.89 Å². The monoisotopic (exact) mass is 137 g/mol. The molecular weight excluding hydrogens is 130 g/mol. The van der Waals surface area contributed by atoms with Crippen LogP contribution in [0.5, 0.6) is 0 Å². The Morgan fingerprint density at radius 3 is 3.20 bits per heavy atom. The van der Waals surface area contributed by atoms with E-state index in [1.54, 1.807) is 0 Å². The molecule has 1 atom stereocenters. The molecule has 1 aromatic heterocycles. The van der Waals surface area contributed by atoms with Crippen LogP contribution in [0.4, 0.5) is 0 Å². The molecule has 0 amide bonds. The first-order valence-corrected chi connectivity index (χ1v) is 2.85. The fourth-order valence-corrected chi connectivity index (χ4v) is 0.578. The minimum atomic E-state index is -0.793. The standard InChI is InChI=1S/C7H7NO2/c1-2-6(9)5-7-8-3-4-10-7/h1,3-4,6,9H,5H2. The lowest BCUT2D eigenvalue weighted by Gasteiger charge is -1.95. The summed E-state index contributed by atoms with van der Waals surface area (Å²) in [6.07, 6.45) is 7.36. The number of rotatable bonds is 2. The zero-order valence-corrected chi connectivity index (χ0v) is 5.32. The van der Waals surface area contributed by atoms with Gasteiger partial charge in [0.05, 0.1) is 12.6 Å². The largest absolute Gasteiger partial charge is 0.449 e. The second-order valence-corrected chi connectivity index (χ2v) is 1.81. The summed E-state index contributed by atoms with van der Waals surface area (Å²) >= 11 is 0. The van der Waals surface area contributed by atoms with Gasteiger partial charge in [0.2, 0.25) is 0 Å². The third kappa shape index (κ3) is 1.61. The summed E-state index contributed by atoms with van der Waals surface area (Å²) in [5.41, 5.74) is 0. The van der Waals surface area contributed by atoms with Crippen LogP contribution in [0, 0.1) is 12.3 Å². The van der Waals surface area contributed by atoms with Crippen molar-refractivity contribution in [3.8, 4) is 12.3 Å². The van der Waals surface area contributed by atoms with E-state index in [9.17, 15) is 0 Å². The first-order chi connectivity index (χ1) is 4.83. The van der Waals surface area contributed by atoms with Crippen LogP contribution < -0.4 is 0 Å². The Labute approximate surface area is 58.7 Å². The van der Waals surface area contributed by atoms with Crippen LogP contribution in [0.25, 0.3) is 0 Å². The fourth-order valence-electron chi connectivity index (χ4n) is 0.578. The maximum Gasteiger partial charge on any atom is 0.197 e. The number of terminal acetylenes is 1. The molecule has 1 rings (SSSR count). The molecule has 52 valence electrons. The van der Waals surface area contributed by atoms with E-state index in [4.69, 9.17) is 15.9 Å². The number of oxazole rings is 1. The van der Waals surface area contributed by atoms with E-state index < -0.39 is 6.10 Å². The molecule has 0 saturated carbocycles. The van der Waals surface area contributed by atoms with Crippen LogP contribution in [0.1, 0.15) is 5.89 Å².